The van der Waals surface area contributed by atoms with E-state index in [9.17, 15) is 0 Å². The molecule has 15 heavy (non-hydrogen) atoms. The van der Waals surface area contributed by atoms with Crippen LogP contribution in [0.25, 0.3) is 0 Å². The monoisotopic (exact) mass is 222 g/mol. The van der Waals surface area contributed by atoms with Crippen LogP contribution in [0, 0.1) is 0 Å². The van der Waals surface area contributed by atoms with E-state index in [4.69, 9.17) is 16.3 Å². The van der Waals surface area contributed by atoms with Crippen LogP contribution in [0.4, 0.5) is 0 Å². The molecule has 0 atom stereocenters. The van der Waals surface area contributed by atoms with Crippen molar-refractivity contribution in [2.24, 2.45) is 0 Å². The molecule has 0 spiro atoms. The van der Waals surface area contributed by atoms with Crippen molar-refractivity contribution < 1.29 is 4.74 Å². The molecule has 0 saturated carbocycles. The minimum Gasteiger partial charge on any atom is -0.493 e. The van der Waals surface area contributed by atoms with E-state index in [1.807, 2.05) is 24.3 Å². The van der Waals surface area contributed by atoms with Crippen molar-refractivity contribution in [3.8, 4) is 5.75 Å². The maximum Gasteiger partial charge on any atom is 0.119 e. The van der Waals surface area contributed by atoms with Gasteiger partial charge in [0, 0.05) is 23.8 Å². The van der Waals surface area contributed by atoms with E-state index in [1.54, 1.807) is 12.4 Å². The first-order valence-electron chi connectivity index (χ1n) is 4.71. The minimum atomic E-state index is 0.606. The summed E-state index contributed by atoms with van der Waals surface area (Å²) in [4.78, 5) is 7.13. The normalized spacial score (nSPS) is 10.2. The van der Waals surface area contributed by atoms with Crippen LogP contribution in [0.2, 0.25) is 5.02 Å². The van der Waals surface area contributed by atoms with Gasteiger partial charge in [-0.05, 0) is 24.3 Å². The van der Waals surface area contributed by atoms with Gasteiger partial charge >= 0.3 is 0 Å². The van der Waals surface area contributed by atoms with E-state index in [2.05, 4.69) is 9.97 Å². The predicted molar refractivity (Wildman–Crippen MR) is 59.2 cm³/mol. The topological polar surface area (TPSA) is 37.9 Å². The Kier molecular flexibility index (Phi) is 3.25. The molecule has 1 aromatic heterocycles. The van der Waals surface area contributed by atoms with Gasteiger partial charge in [-0.2, -0.15) is 0 Å². The van der Waals surface area contributed by atoms with Gasteiger partial charge in [-0.15, -0.1) is 0 Å². The number of aromatic amines is 1. The fourth-order valence-corrected chi connectivity index (χ4v) is 1.36. The molecular formula is C11H11ClN2O. The Balaban J connectivity index is 1.81. The molecule has 0 radical (unpaired) electrons. The van der Waals surface area contributed by atoms with Gasteiger partial charge in [0.15, 0.2) is 0 Å². The van der Waals surface area contributed by atoms with Crippen molar-refractivity contribution in [2.45, 2.75) is 6.42 Å². The highest BCUT2D eigenvalue weighted by molar-refractivity contribution is 6.30. The number of hydrogen-bond acceptors (Lipinski definition) is 2. The number of hydrogen-bond donors (Lipinski definition) is 1. The Morgan fingerprint density at radius 3 is 2.73 bits per heavy atom. The van der Waals surface area contributed by atoms with Gasteiger partial charge in [0.05, 0.1) is 6.61 Å². The number of H-pyrrole nitrogens is 1. The Hall–Kier alpha value is -1.48. The maximum absolute atomic E-state index is 5.76. The summed E-state index contributed by atoms with van der Waals surface area (Å²) >= 11 is 5.76. The molecule has 1 aromatic carbocycles. The highest BCUT2D eigenvalue weighted by atomic mass is 35.5. The fraction of sp³-hybridized carbons (Fsp3) is 0.182. The van der Waals surface area contributed by atoms with E-state index in [0.29, 0.717) is 11.6 Å². The third-order valence-electron chi connectivity index (χ3n) is 1.98. The van der Waals surface area contributed by atoms with Crippen LogP contribution >= 0.6 is 11.6 Å². The lowest BCUT2D eigenvalue weighted by Crippen LogP contribution is -2.02. The Morgan fingerprint density at radius 1 is 1.27 bits per heavy atom. The van der Waals surface area contributed by atoms with E-state index in [0.717, 1.165) is 18.0 Å². The van der Waals surface area contributed by atoms with Gasteiger partial charge in [0.1, 0.15) is 11.6 Å². The van der Waals surface area contributed by atoms with Gasteiger partial charge in [0.25, 0.3) is 0 Å². The fourth-order valence-electron chi connectivity index (χ4n) is 1.23. The number of benzene rings is 1. The standard InChI is InChI=1S/C11H11ClN2O/c12-9-1-3-10(4-2-9)15-8-5-11-13-6-7-14-11/h1-4,6-7H,5,8H2,(H,13,14). The minimum absolute atomic E-state index is 0.606. The predicted octanol–water partition coefficient (Wildman–Crippen LogP) is 2.68. The zero-order valence-corrected chi connectivity index (χ0v) is 8.87. The number of imidazole rings is 1. The first-order chi connectivity index (χ1) is 7.34. The summed E-state index contributed by atoms with van der Waals surface area (Å²) < 4.78 is 5.52. The molecule has 0 saturated heterocycles. The highest BCUT2D eigenvalue weighted by Gasteiger charge is 1.96. The molecule has 2 rings (SSSR count). The second kappa shape index (κ2) is 4.84. The summed E-state index contributed by atoms with van der Waals surface area (Å²) in [7, 11) is 0. The maximum atomic E-state index is 5.76. The summed E-state index contributed by atoms with van der Waals surface area (Å²) in [6.07, 6.45) is 4.31. The van der Waals surface area contributed by atoms with Crippen molar-refractivity contribution in [1.82, 2.24) is 9.97 Å². The third kappa shape index (κ3) is 2.99. The number of nitrogens with one attached hydrogen (secondary N) is 1. The average Bonchev–Trinajstić information content (AvgIpc) is 2.74. The zero-order chi connectivity index (χ0) is 10.5. The number of rotatable bonds is 4. The van der Waals surface area contributed by atoms with E-state index >= 15 is 0 Å². The molecule has 0 unspecified atom stereocenters. The number of ether oxygens (including phenoxy) is 1. The van der Waals surface area contributed by atoms with Gasteiger partial charge in [-0.3, -0.25) is 0 Å². The molecule has 0 aliphatic rings. The van der Waals surface area contributed by atoms with Gasteiger partial charge in [0.2, 0.25) is 0 Å². The first kappa shape index (κ1) is 10.1. The molecule has 4 heteroatoms. The van der Waals surface area contributed by atoms with Crippen LogP contribution in [0.15, 0.2) is 36.7 Å². The van der Waals surface area contributed by atoms with Gasteiger partial charge in [-0.25, -0.2) is 4.98 Å². The molecule has 0 fully saturated rings. The summed E-state index contributed by atoms with van der Waals surface area (Å²) in [5.41, 5.74) is 0. The van der Waals surface area contributed by atoms with E-state index in [-0.39, 0.29) is 0 Å². The lowest BCUT2D eigenvalue weighted by Gasteiger charge is -2.04. The van der Waals surface area contributed by atoms with Crippen molar-refractivity contribution in [1.29, 1.82) is 0 Å². The molecule has 1 heterocycles. The molecule has 3 nitrogen and oxygen atoms in total. The smallest absolute Gasteiger partial charge is 0.119 e. The van der Waals surface area contributed by atoms with Crippen molar-refractivity contribution >= 4 is 11.6 Å². The van der Waals surface area contributed by atoms with Gasteiger partial charge in [-0.1, -0.05) is 11.6 Å². The average molecular weight is 223 g/mol. The van der Waals surface area contributed by atoms with Crippen LogP contribution in [0.1, 0.15) is 5.82 Å². The lowest BCUT2D eigenvalue weighted by molar-refractivity contribution is 0.319. The largest absolute Gasteiger partial charge is 0.493 e. The second-order valence-corrected chi connectivity index (χ2v) is 3.52. The van der Waals surface area contributed by atoms with Crippen molar-refractivity contribution in [3.63, 3.8) is 0 Å². The lowest BCUT2D eigenvalue weighted by atomic mass is 10.3. The summed E-state index contributed by atoms with van der Waals surface area (Å²) in [5.74, 6) is 1.76. The second-order valence-electron chi connectivity index (χ2n) is 3.09. The number of nitrogens with zero attached hydrogens (tertiary/aromatic N) is 1. The molecular weight excluding hydrogens is 212 g/mol. The Labute approximate surface area is 93.1 Å². The van der Waals surface area contributed by atoms with Crippen LogP contribution in [-0.2, 0) is 6.42 Å². The zero-order valence-electron chi connectivity index (χ0n) is 8.11. The summed E-state index contributed by atoms with van der Waals surface area (Å²) in [5, 5.41) is 0.716. The molecule has 1 N–H and O–H groups in total. The molecule has 0 aliphatic heterocycles. The summed E-state index contributed by atoms with van der Waals surface area (Å²) in [6.45, 7) is 0.606. The molecule has 2 aromatic rings. The van der Waals surface area contributed by atoms with Crippen LogP contribution in [0.5, 0.6) is 5.75 Å². The van der Waals surface area contributed by atoms with Crippen molar-refractivity contribution in [2.75, 3.05) is 6.61 Å². The highest BCUT2D eigenvalue weighted by Crippen LogP contribution is 2.15. The third-order valence-corrected chi connectivity index (χ3v) is 2.23. The van der Waals surface area contributed by atoms with Crippen LogP contribution < -0.4 is 4.74 Å². The molecule has 0 amide bonds. The van der Waals surface area contributed by atoms with Crippen LogP contribution in [-0.4, -0.2) is 16.6 Å². The molecule has 0 bridgehead atoms. The Bertz CT molecular complexity index is 397. The quantitative estimate of drug-likeness (QED) is 0.864. The molecule has 78 valence electrons. The SMILES string of the molecule is Clc1ccc(OCCc2ncc[nH]2)cc1. The van der Waals surface area contributed by atoms with E-state index < -0.39 is 0 Å². The van der Waals surface area contributed by atoms with Crippen LogP contribution in [0.3, 0.4) is 0 Å². The number of aromatic nitrogens is 2. The Morgan fingerprint density at radius 2 is 2.07 bits per heavy atom. The molecule has 0 aliphatic carbocycles. The van der Waals surface area contributed by atoms with E-state index in [1.165, 1.54) is 0 Å². The summed E-state index contributed by atoms with van der Waals surface area (Å²) in [6, 6.07) is 7.32. The van der Waals surface area contributed by atoms with Crippen molar-refractivity contribution in [3.05, 3.63) is 47.5 Å². The number of halogens is 1. The first-order valence-corrected chi connectivity index (χ1v) is 5.09. The van der Waals surface area contributed by atoms with Gasteiger partial charge < -0.3 is 9.72 Å².